The van der Waals surface area contributed by atoms with Crippen LogP contribution in [0.2, 0.25) is 0 Å². The van der Waals surface area contributed by atoms with Crippen molar-refractivity contribution in [3.05, 3.63) is 35.4 Å². The van der Waals surface area contributed by atoms with Crippen LogP contribution < -0.4 is 10.6 Å². The molecule has 2 N–H and O–H groups in total. The van der Waals surface area contributed by atoms with Crippen molar-refractivity contribution >= 4 is 5.91 Å². The van der Waals surface area contributed by atoms with Gasteiger partial charge in [-0.15, -0.1) is 0 Å². The molecule has 0 spiro atoms. The zero-order valence-electron chi connectivity index (χ0n) is 12.8. The number of fused-ring (bicyclic) bond motifs is 1. The minimum Gasteiger partial charge on any atom is -0.349 e. The predicted molar refractivity (Wildman–Crippen MR) is 80.2 cm³/mol. The lowest BCUT2D eigenvalue weighted by Gasteiger charge is -2.38. The van der Waals surface area contributed by atoms with Crippen LogP contribution in [-0.4, -0.2) is 19.0 Å². The smallest absolute Gasteiger partial charge is 0.228 e. The largest absolute Gasteiger partial charge is 0.349 e. The molecular formula is C17H22F2N2O. The summed E-state index contributed by atoms with van der Waals surface area (Å²) in [6.07, 6.45) is 4.18. The Bertz CT molecular complexity index is 578. The molecule has 1 aromatic rings. The second kappa shape index (κ2) is 5.95. The number of carbonyl (C=O) groups excluding carboxylic acids is 1. The molecule has 1 heterocycles. The first-order chi connectivity index (χ1) is 10.5. The fraction of sp³-hybridized carbons (Fsp3) is 0.588. The average molecular weight is 308 g/mol. The van der Waals surface area contributed by atoms with E-state index in [-0.39, 0.29) is 11.3 Å². The third-order valence-corrected chi connectivity index (χ3v) is 5.27. The van der Waals surface area contributed by atoms with E-state index >= 15 is 0 Å². The van der Waals surface area contributed by atoms with Crippen LogP contribution in [0.15, 0.2) is 18.2 Å². The van der Waals surface area contributed by atoms with Crippen LogP contribution in [0.4, 0.5) is 8.78 Å². The summed E-state index contributed by atoms with van der Waals surface area (Å²) in [5, 5.41) is 6.28. The van der Waals surface area contributed by atoms with Crippen LogP contribution in [0.5, 0.6) is 0 Å². The highest BCUT2D eigenvalue weighted by Gasteiger charge is 2.50. The van der Waals surface area contributed by atoms with Gasteiger partial charge in [-0.3, -0.25) is 4.79 Å². The van der Waals surface area contributed by atoms with Crippen molar-refractivity contribution in [1.29, 1.82) is 0 Å². The molecule has 1 saturated heterocycles. The Morgan fingerprint density at radius 1 is 1.41 bits per heavy atom. The predicted octanol–water partition coefficient (Wildman–Crippen LogP) is 2.92. The molecule has 0 unspecified atom stereocenters. The topological polar surface area (TPSA) is 41.1 Å². The third kappa shape index (κ3) is 2.62. The minimum absolute atomic E-state index is 0.00146. The highest BCUT2D eigenvalue weighted by Crippen LogP contribution is 2.44. The number of hydrogen-bond acceptors (Lipinski definition) is 2. The monoisotopic (exact) mass is 308 g/mol. The molecule has 0 radical (unpaired) electrons. The number of halogens is 2. The minimum atomic E-state index is -0.616. The molecule has 1 saturated carbocycles. The molecule has 2 fully saturated rings. The highest BCUT2D eigenvalue weighted by molar-refractivity contribution is 5.84. The van der Waals surface area contributed by atoms with E-state index in [2.05, 4.69) is 10.6 Å². The summed E-state index contributed by atoms with van der Waals surface area (Å²) in [6.45, 7) is 3.32. The molecule has 3 rings (SSSR count). The Morgan fingerprint density at radius 3 is 3.00 bits per heavy atom. The number of carbonyl (C=O) groups is 1. The SMILES string of the molecule is C[C@@H](NC(=O)[C@@]12CCCC[C@H]1CNC2)c1ccc(F)cc1F. The van der Waals surface area contributed by atoms with Gasteiger partial charge in [0.05, 0.1) is 11.5 Å². The highest BCUT2D eigenvalue weighted by atomic mass is 19.1. The van der Waals surface area contributed by atoms with Crippen LogP contribution >= 0.6 is 0 Å². The van der Waals surface area contributed by atoms with E-state index < -0.39 is 17.7 Å². The summed E-state index contributed by atoms with van der Waals surface area (Å²) in [5.41, 5.74) is -0.0345. The molecule has 120 valence electrons. The van der Waals surface area contributed by atoms with Gasteiger partial charge in [-0.05, 0) is 38.3 Å². The van der Waals surface area contributed by atoms with E-state index in [0.717, 1.165) is 31.9 Å². The molecule has 22 heavy (non-hydrogen) atoms. The van der Waals surface area contributed by atoms with Gasteiger partial charge in [0.1, 0.15) is 11.6 Å². The van der Waals surface area contributed by atoms with Gasteiger partial charge in [-0.2, -0.15) is 0 Å². The first-order valence-electron chi connectivity index (χ1n) is 7.99. The van der Waals surface area contributed by atoms with Gasteiger partial charge in [0.2, 0.25) is 5.91 Å². The lowest BCUT2D eigenvalue weighted by molar-refractivity contribution is -0.134. The lowest BCUT2D eigenvalue weighted by atomic mass is 9.67. The van der Waals surface area contributed by atoms with Crippen molar-refractivity contribution in [2.45, 2.75) is 38.6 Å². The number of rotatable bonds is 3. The van der Waals surface area contributed by atoms with E-state index in [9.17, 15) is 13.6 Å². The Balaban J connectivity index is 1.75. The Hall–Kier alpha value is -1.49. The van der Waals surface area contributed by atoms with Crippen LogP contribution in [0, 0.1) is 23.0 Å². The van der Waals surface area contributed by atoms with Gasteiger partial charge >= 0.3 is 0 Å². The molecule has 0 bridgehead atoms. The van der Waals surface area contributed by atoms with Crippen LogP contribution in [0.1, 0.15) is 44.2 Å². The van der Waals surface area contributed by atoms with Gasteiger partial charge in [0.15, 0.2) is 0 Å². The van der Waals surface area contributed by atoms with E-state index in [1.807, 2.05) is 0 Å². The maximum Gasteiger partial charge on any atom is 0.228 e. The molecule has 1 amide bonds. The normalized spacial score (nSPS) is 29.0. The van der Waals surface area contributed by atoms with Gasteiger partial charge in [0.25, 0.3) is 0 Å². The van der Waals surface area contributed by atoms with Crippen LogP contribution in [0.3, 0.4) is 0 Å². The molecule has 1 aliphatic heterocycles. The first kappa shape index (κ1) is 15.4. The van der Waals surface area contributed by atoms with Gasteiger partial charge in [0, 0.05) is 18.2 Å². The molecule has 2 aliphatic rings. The zero-order chi connectivity index (χ0) is 15.7. The molecule has 5 heteroatoms. The van der Waals surface area contributed by atoms with Crippen molar-refractivity contribution in [2.75, 3.05) is 13.1 Å². The summed E-state index contributed by atoms with van der Waals surface area (Å²) in [5.74, 6) is -0.856. The fourth-order valence-corrected chi connectivity index (χ4v) is 3.96. The number of benzene rings is 1. The molecule has 3 atom stereocenters. The van der Waals surface area contributed by atoms with Crippen molar-refractivity contribution in [2.24, 2.45) is 11.3 Å². The second-order valence-corrected chi connectivity index (χ2v) is 6.59. The summed E-state index contributed by atoms with van der Waals surface area (Å²) in [4.78, 5) is 12.8. The van der Waals surface area contributed by atoms with E-state index in [1.165, 1.54) is 18.6 Å². The summed E-state index contributed by atoms with van der Waals surface area (Å²) in [7, 11) is 0. The number of amides is 1. The summed E-state index contributed by atoms with van der Waals surface area (Å²) >= 11 is 0. The number of hydrogen-bond donors (Lipinski definition) is 2. The van der Waals surface area contributed by atoms with E-state index in [4.69, 9.17) is 0 Å². The van der Waals surface area contributed by atoms with Crippen molar-refractivity contribution in [3.63, 3.8) is 0 Å². The average Bonchev–Trinajstić information content (AvgIpc) is 2.92. The van der Waals surface area contributed by atoms with Gasteiger partial charge in [-0.1, -0.05) is 18.9 Å². The van der Waals surface area contributed by atoms with Crippen LogP contribution in [-0.2, 0) is 4.79 Å². The fourth-order valence-electron chi connectivity index (χ4n) is 3.96. The Kier molecular flexibility index (Phi) is 4.17. The maximum absolute atomic E-state index is 13.9. The molecule has 3 nitrogen and oxygen atoms in total. The van der Waals surface area contributed by atoms with Crippen molar-refractivity contribution in [1.82, 2.24) is 10.6 Å². The number of nitrogens with one attached hydrogen (secondary N) is 2. The van der Waals surface area contributed by atoms with Crippen LogP contribution in [0.25, 0.3) is 0 Å². The summed E-state index contributed by atoms with van der Waals surface area (Å²) in [6, 6.07) is 3.01. The van der Waals surface area contributed by atoms with Gasteiger partial charge < -0.3 is 10.6 Å². The Labute approximate surface area is 129 Å². The maximum atomic E-state index is 13.9. The van der Waals surface area contributed by atoms with E-state index in [0.29, 0.717) is 18.0 Å². The quantitative estimate of drug-likeness (QED) is 0.901. The zero-order valence-corrected chi connectivity index (χ0v) is 12.8. The standard InChI is InChI=1S/C17H22F2N2O/c1-11(14-6-5-13(18)8-15(14)19)21-16(22)17-7-3-2-4-12(17)9-20-10-17/h5-6,8,11-12,20H,2-4,7,9-10H2,1H3,(H,21,22)/t11-,12+,17-/m1/s1. The lowest BCUT2D eigenvalue weighted by Crippen LogP contribution is -2.48. The molecule has 0 aromatic heterocycles. The van der Waals surface area contributed by atoms with Gasteiger partial charge in [-0.25, -0.2) is 8.78 Å². The molecular weight excluding hydrogens is 286 g/mol. The van der Waals surface area contributed by atoms with Crippen molar-refractivity contribution in [3.8, 4) is 0 Å². The Morgan fingerprint density at radius 2 is 2.23 bits per heavy atom. The molecule has 1 aliphatic carbocycles. The molecule has 1 aromatic carbocycles. The second-order valence-electron chi connectivity index (χ2n) is 6.59. The summed E-state index contributed by atoms with van der Waals surface area (Å²) < 4.78 is 26.9. The van der Waals surface area contributed by atoms with E-state index in [1.54, 1.807) is 6.92 Å². The van der Waals surface area contributed by atoms with Crippen molar-refractivity contribution < 1.29 is 13.6 Å². The first-order valence-corrected chi connectivity index (χ1v) is 7.99. The third-order valence-electron chi connectivity index (χ3n) is 5.27.